The summed E-state index contributed by atoms with van der Waals surface area (Å²) in [5.41, 5.74) is 0. The Morgan fingerprint density at radius 3 is 1.37 bits per heavy atom. The van der Waals surface area contributed by atoms with Crippen LogP contribution >= 0.6 is 0 Å². The molecule has 0 aromatic carbocycles. The van der Waals surface area contributed by atoms with E-state index >= 15 is 0 Å². The third-order valence-electron chi connectivity index (χ3n) is 4.83. The lowest BCUT2D eigenvalue weighted by molar-refractivity contribution is -0.132. The van der Waals surface area contributed by atoms with Crippen LogP contribution < -0.4 is 0 Å². The summed E-state index contributed by atoms with van der Waals surface area (Å²) in [7, 11) is 6.97. The van der Waals surface area contributed by atoms with Gasteiger partial charge >= 0.3 is 0 Å². The minimum atomic E-state index is -0.0324. The first-order valence-electron chi connectivity index (χ1n) is 11.1. The van der Waals surface area contributed by atoms with E-state index in [1.54, 1.807) is 38.0 Å². The SMILES string of the molecule is CCC(COCC(CC)OCC(CC)OCCC(=O)N(C)C)OCCC(=O)N(C)C. The molecule has 3 unspecified atom stereocenters. The van der Waals surface area contributed by atoms with Crippen molar-refractivity contribution in [3.8, 4) is 0 Å². The quantitative estimate of drug-likeness (QED) is 0.331. The summed E-state index contributed by atoms with van der Waals surface area (Å²) in [5.74, 6) is 0.119. The largest absolute Gasteiger partial charge is 0.376 e. The van der Waals surface area contributed by atoms with Gasteiger partial charge in [0.15, 0.2) is 0 Å². The van der Waals surface area contributed by atoms with E-state index in [0.717, 1.165) is 19.3 Å². The van der Waals surface area contributed by atoms with E-state index in [1.165, 1.54) is 0 Å². The standard InChI is InChI=1S/C22H44N2O6/c1-8-18(28-13-11-21(25)23(4)5)15-27-16-19(9-2)30-17-20(10-3)29-14-12-22(26)24(6)7/h18-20H,8-17H2,1-7H3. The molecule has 30 heavy (non-hydrogen) atoms. The lowest BCUT2D eigenvalue weighted by Crippen LogP contribution is -2.30. The van der Waals surface area contributed by atoms with Gasteiger partial charge in [-0.2, -0.15) is 0 Å². The number of carbonyl (C=O) groups excluding carboxylic acids is 2. The highest BCUT2D eigenvalue weighted by molar-refractivity contribution is 5.75. The molecule has 0 saturated carbocycles. The molecule has 178 valence electrons. The van der Waals surface area contributed by atoms with Gasteiger partial charge in [0.25, 0.3) is 0 Å². The van der Waals surface area contributed by atoms with Crippen LogP contribution in [0.3, 0.4) is 0 Å². The molecule has 0 saturated heterocycles. The molecule has 0 N–H and O–H groups in total. The maximum atomic E-state index is 11.6. The van der Waals surface area contributed by atoms with Gasteiger partial charge in [0.2, 0.25) is 11.8 Å². The van der Waals surface area contributed by atoms with Gasteiger partial charge in [-0.15, -0.1) is 0 Å². The van der Waals surface area contributed by atoms with Gasteiger partial charge in [0, 0.05) is 28.2 Å². The van der Waals surface area contributed by atoms with Crippen molar-refractivity contribution in [1.29, 1.82) is 0 Å². The predicted octanol–water partition coefficient (Wildman–Crippen LogP) is 2.35. The van der Waals surface area contributed by atoms with Gasteiger partial charge in [-0.05, 0) is 19.3 Å². The maximum absolute atomic E-state index is 11.6. The van der Waals surface area contributed by atoms with Crippen LogP contribution in [0, 0.1) is 0 Å². The summed E-state index contributed by atoms with van der Waals surface area (Å²) in [6, 6.07) is 0. The van der Waals surface area contributed by atoms with Crippen LogP contribution in [0.2, 0.25) is 0 Å². The molecule has 0 rings (SSSR count). The highest BCUT2D eigenvalue weighted by Gasteiger charge is 2.15. The number of carbonyl (C=O) groups is 2. The molecule has 2 amide bonds. The fourth-order valence-corrected chi connectivity index (χ4v) is 2.50. The van der Waals surface area contributed by atoms with Gasteiger partial charge < -0.3 is 28.7 Å². The zero-order chi connectivity index (χ0) is 22.9. The summed E-state index contributed by atoms with van der Waals surface area (Å²) in [6.07, 6.45) is 3.17. The second-order valence-corrected chi connectivity index (χ2v) is 7.78. The molecule has 0 aromatic heterocycles. The normalized spacial score (nSPS) is 14.2. The third-order valence-corrected chi connectivity index (χ3v) is 4.83. The van der Waals surface area contributed by atoms with Crippen molar-refractivity contribution in [2.45, 2.75) is 71.2 Å². The highest BCUT2D eigenvalue weighted by atomic mass is 16.6. The zero-order valence-corrected chi connectivity index (χ0v) is 20.1. The smallest absolute Gasteiger partial charge is 0.224 e. The van der Waals surface area contributed by atoms with Crippen LogP contribution in [0.15, 0.2) is 0 Å². The Labute approximate surface area is 183 Å². The summed E-state index contributed by atoms with van der Waals surface area (Å²) in [5, 5.41) is 0. The Bertz CT molecular complexity index is 459. The average molecular weight is 433 g/mol. The van der Waals surface area contributed by atoms with Crippen molar-refractivity contribution < 1.29 is 28.5 Å². The second-order valence-electron chi connectivity index (χ2n) is 7.78. The van der Waals surface area contributed by atoms with Gasteiger partial charge in [-0.3, -0.25) is 9.59 Å². The molecule has 8 nitrogen and oxygen atoms in total. The van der Waals surface area contributed by atoms with Gasteiger partial charge in [0.05, 0.1) is 64.2 Å². The van der Waals surface area contributed by atoms with Crippen LogP contribution in [-0.4, -0.2) is 101 Å². The number of rotatable bonds is 18. The Morgan fingerprint density at radius 1 is 0.633 bits per heavy atom. The highest BCUT2D eigenvalue weighted by Crippen LogP contribution is 2.07. The van der Waals surface area contributed by atoms with Crippen LogP contribution in [0.1, 0.15) is 52.9 Å². The van der Waals surface area contributed by atoms with Gasteiger partial charge in [-0.25, -0.2) is 0 Å². The van der Waals surface area contributed by atoms with E-state index in [2.05, 4.69) is 6.92 Å². The van der Waals surface area contributed by atoms with E-state index in [1.807, 2.05) is 13.8 Å². The molecule has 0 spiro atoms. The molecule has 0 fully saturated rings. The molecule has 0 aliphatic rings. The predicted molar refractivity (Wildman–Crippen MR) is 118 cm³/mol. The minimum absolute atomic E-state index is 0.0149. The second kappa shape index (κ2) is 17.5. The molecule has 0 aromatic rings. The number of hydrogen-bond donors (Lipinski definition) is 0. The van der Waals surface area contributed by atoms with Crippen molar-refractivity contribution in [2.24, 2.45) is 0 Å². The Balaban J connectivity index is 4.11. The monoisotopic (exact) mass is 432 g/mol. The fourth-order valence-electron chi connectivity index (χ4n) is 2.50. The lowest BCUT2D eigenvalue weighted by Gasteiger charge is -2.23. The van der Waals surface area contributed by atoms with Crippen molar-refractivity contribution in [2.75, 3.05) is 61.2 Å². The molecule has 0 bridgehead atoms. The van der Waals surface area contributed by atoms with Crippen molar-refractivity contribution in [1.82, 2.24) is 9.80 Å². The molecule has 3 atom stereocenters. The lowest BCUT2D eigenvalue weighted by atomic mass is 10.2. The maximum Gasteiger partial charge on any atom is 0.224 e. The Kier molecular flexibility index (Phi) is 16.7. The Morgan fingerprint density at radius 2 is 1.00 bits per heavy atom. The number of amides is 2. The van der Waals surface area contributed by atoms with Crippen LogP contribution in [0.25, 0.3) is 0 Å². The average Bonchev–Trinajstić information content (AvgIpc) is 2.72. The van der Waals surface area contributed by atoms with Crippen molar-refractivity contribution in [3.63, 3.8) is 0 Å². The summed E-state index contributed by atoms with van der Waals surface area (Å²) in [6.45, 7) is 8.40. The first kappa shape index (κ1) is 28.8. The first-order valence-corrected chi connectivity index (χ1v) is 11.1. The van der Waals surface area contributed by atoms with Crippen molar-refractivity contribution in [3.05, 3.63) is 0 Å². The topological polar surface area (TPSA) is 77.5 Å². The molecule has 0 heterocycles. The van der Waals surface area contributed by atoms with Crippen molar-refractivity contribution >= 4 is 11.8 Å². The van der Waals surface area contributed by atoms with Crippen LogP contribution in [0.5, 0.6) is 0 Å². The van der Waals surface area contributed by atoms with Crippen LogP contribution in [-0.2, 0) is 28.5 Å². The number of ether oxygens (including phenoxy) is 4. The molecule has 0 radical (unpaired) electrons. The van der Waals surface area contributed by atoms with E-state index in [4.69, 9.17) is 18.9 Å². The summed E-state index contributed by atoms with van der Waals surface area (Å²) >= 11 is 0. The fraction of sp³-hybridized carbons (Fsp3) is 0.909. The number of nitrogens with zero attached hydrogens (tertiary/aromatic N) is 2. The van der Waals surface area contributed by atoms with Gasteiger partial charge in [-0.1, -0.05) is 20.8 Å². The summed E-state index contributed by atoms with van der Waals surface area (Å²) < 4.78 is 23.3. The summed E-state index contributed by atoms with van der Waals surface area (Å²) in [4.78, 5) is 26.4. The molecular weight excluding hydrogens is 388 g/mol. The zero-order valence-electron chi connectivity index (χ0n) is 20.1. The Hall–Kier alpha value is -1.22. The van der Waals surface area contributed by atoms with E-state index in [0.29, 0.717) is 45.9 Å². The first-order chi connectivity index (χ1) is 14.2. The molecule has 8 heteroatoms. The van der Waals surface area contributed by atoms with E-state index < -0.39 is 0 Å². The third kappa shape index (κ3) is 13.9. The molecule has 0 aliphatic heterocycles. The minimum Gasteiger partial charge on any atom is -0.376 e. The van der Waals surface area contributed by atoms with Crippen LogP contribution in [0.4, 0.5) is 0 Å². The number of hydrogen-bond acceptors (Lipinski definition) is 6. The van der Waals surface area contributed by atoms with E-state index in [-0.39, 0.29) is 30.1 Å². The van der Waals surface area contributed by atoms with E-state index in [9.17, 15) is 9.59 Å². The molecule has 0 aliphatic carbocycles. The molecular formula is C22H44N2O6. The van der Waals surface area contributed by atoms with Gasteiger partial charge in [0.1, 0.15) is 0 Å².